The Morgan fingerprint density at radius 1 is 1.26 bits per heavy atom. The van der Waals surface area contributed by atoms with Gasteiger partial charge in [-0.05, 0) is 17.5 Å². The number of thiophene rings is 1. The summed E-state index contributed by atoms with van der Waals surface area (Å²) >= 11 is 1.44. The first-order valence-electron chi connectivity index (χ1n) is 6.52. The summed E-state index contributed by atoms with van der Waals surface area (Å²) in [4.78, 5) is 23.8. The summed E-state index contributed by atoms with van der Waals surface area (Å²) in [5, 5.41) is 9.78. The van der Waals surface area contributed by atoms with Gasteiger partial charge < -0.3 is 10.6 Å². The zero-order chi connectivity index (χ0) is 16.9. The van der Waals surface area contributed by atoms with Crippen molar-refractivity contribution in [2.75, 3.05) is 13.1 Å². The van der Waals surface area contributed by atoms with Crippen LogP contribution in [0.5, 0.6) is 0 Å². The van der Waals surface area contributed by atoms with Gasteiger partial charge in [-0.1, -0.05) is 6.07 Å². The van der Waals surface area contributed by atoms with Crippen LogP contribution in [0.25, 0.3) is 0 Å². The Morgan fingerprint density at radius 3 is 2.57 bits per heavy atom. The largest absolute Gasteiger partial charge is 0.405 e. The molecule has 2 aromatic heterocycles. The lowest BCUT2D eigenvalue weighted by Crippen LogP contribution is -2.44. The minimum Gasteiger partial charge on any atom is -0.345 e. The van der Waals surface area contributed by atoms with E-state index < -0.39 is 24.5 Å². The van der Waals surface area contributed by atoms with Gasteiger partial charge in [-0.15, -0.1) is 11.3 Å². The van der Waals surface area contributed by atoms with Crippen LogP contribution in [0, 0.1) is 0 Å². The van der Waals surface area contributed by atoms with Crippen molar-refractivity contribution in [3.8, 4) is 0 Å². The van der Waals surface area contributed by atoms with Crippen molar-refractivity contribution in [3.05, 3.63) is 40.8 Å². The first-order chi connectivity index (χ1) is 10.9. The third kappa shape index (κ3) is 5.09. The summed E-state index contributed by atoms with van der Waals surface area (Å²) in [6.45, 7) is -1.52. The molecule has 2 heterocycles. The number of nitrogens with zero attached hydrogens (tertiary/aromatic N) is 2. The molecule has 0 aromatic carbocycles. The number of hydrogen-bond donors (Lipinski definition) is 2. The van der Waals surface area contributed by atoms with Crippen molar-refractivity contribution >= 4 is 23.2 Å². The molecular formula is C13H13F3N4O2S. The first-order valence-corrected chi connectivity index (χ1v) is 7.40. The maximum Gasteiger partial charge on any atom is 0.405 e. The molecule has 0 fully saturated rings. The average Bonchev–Trinajstić information content (AvgIpc) is 3.17. The van der Waals surface area contributed by atoms with Gasteiger partial charge in [-0.3, -0.25) is 14.3 Å². The molecule has 6 nitrogen and oxygen atoms in total. The van der Waals surface area contributed by atoms with Gasteiger partial charge in [0.2, 0.25) is 0 Å². The summed E-state index contributed by atoms with van der Waals surface area (Å²) in [7, 11) is 0. The normalized spacial score (nSPS) is 12.7. The summed E-state index contributed by atoms with van der Waals surface area (Å²) in [6.07, 6.45) is -1.30. The number of hydrogen-bond acceptors (Lipinski definition) is 4. The summed E-state index contributed by atoms with van der Waals surface area (Å²) in [6, 6.07) is 5.03. The summed E-state index contributed by atoms with van der Waals surface area (Å²) in [5.74, 6) is -2.45. The third-order valence-corrected chi connectivity index (χ3v) is 3.80. The minimum absolute atomic E-state index is 0.0282. The predicted molar refractivity (Wildman–Crippen MR) is 76.8 cm³/mol. The smallest absolute Gasteiger partial charge is 0.345 e. The van der Waals surface area contributed by atoms with Crippen LogP contribution in [0.1, 0.15) is 10.9 Å². The van der Waals surface area contributed by atoms with E-state index in [0.717, 1.165) is 4.88 Å². The Kier molecular flexibility index (Phi) is 5.37. The highest BCUT2D eigenvalue weighted by molar-refractivity contribution is 7.10. The number of amides is 2. The number of alkyl halides is 3. The molecule has 0 saturated carbocycles. The van der Waals surface area contributed by atoms with Crippen LogP contribution in [0.3, 0.4) is 0 Å². The highest BCUT2D eigenvalue weighted by Crippen LogP contribution is 2.21. The maximum atomic E-state index is 12.0. The third-order valence-electron chi connectivity index (χ3n) is 2.83. The molecule has 0 aliphatic heterocycles. The van der Waals surface area contributed by atoms with E-state index in [1.54, 1.807) is 23.1 Å². The molecule has 0 saturated heterocycles. The number of rotatable bonds is 5. The second kappa shape index (κ2) is 7.27. The zero-order valence-corrected chi connectivity index (χ0v) is 12.5. The number of halogens is 3. The number of nitrogens with one attached hydrogen (secondary N) is 2. The topological polar surface area (TPSA) is 76.0 Å². The van der Waals surface area contributed by atoms with Crippen molar-refractivity contribution in [2.45, 2.75) is 12.2 Å². The van der Waals surface area contributed by atoms with Gasteiger partial charge in [0, 0.05) is 23.8 Å². The fraction of sp³-hybridized carbons (Fsp3) is 0.308. The summed E-state index contributed by atoms with van der Waals surface area (Å²) < 4.78 is 37.6. The highest BCUT2D eigenvalue weighted by atomic mass is 32.1. The van der Waals surface area contributed by atoms with E-state index in [9.17, 15) is 22.8 Å². The van der Waals surface area contributed by atoms with Gasteiger partial charge in [0.1, 0.15) is 12.6 Å². The molecule has 23 heavy (non-hydrogen) atoms. The van der Waals surface area contributed by atoms with Crippen LogP contribution in [-0.4, -0.2) is 40.9 Å². The van der Waals surface area contributed by atoms with Crippen molar-refractivity contribution < 1.29 is 22.8 Å². The van der Waals surface area contributed by atoms with Crippen molar-refractivity contribution in [3.63, 3.8) is 0 Å². The molecule has 10 heteroatoms. The molecule has 2 amide bonds. The second-order valence-electron chi connectivity index (χ2n) is 4.53. The zero-order valence-electron chi connectivity index (χ0n) is 11.7. The quantitative estimate of drug-likeness (QED) is 0.802. The molecule has 0 aliphatic carbocycles. The predicted octanol–water partition coefficient (Wildman–Crippen LogP) is 1.33. The van der Waals surface area contributed by atoms with E-state index in [2.05, 4.69) is 10.4 Å². The van der Waals surface area contributed by atoms with Crippen molar-refractivity contribution in [1.29, 1.82) is 0 Å². The molecule has 124 valence electrons. The SMILES string of the molecule is O=C(NCC(c1cccs1)n1cccn1)C(=O)NCC(F)(F)F. The molecule has 1 unspecified atom stereocenters. The van der Waals surface area contributed by atoms with E-state index >= 15 is 0 Å². The molecule has 2 rings (SSSR count). The molecule has 0 aliphatic rings. The lowest BCUT2D eigenvalue weighted by atomic mass is 10.2. The Bertz CT molecular complexity index is 606. The average molecular weight is 346 g/mol. The number of carbonyl (C=O) groups excluding carboxylic acids is 2. The lowest BCUT2D eigenvalue weighted by molar-refractivity contribution is -0.146. The molecule has 0 radical (unpaired) electrons. The Hall–Kier alpha value is -2.36. The molecule has 2 aromatic rings. The van der Waals surface area contributed by atoms with Crippen LogP contribution in [0.15, 0.2) is 36.0 Å². The van der Waals surface area contributed by atoms with E-state index in [1.807, 2.05) is 17.5 Å². The molecule has 0 bridgehead atoms. The monoisotopic (exact) mass is 346 g/mol. The Morgan fingerprint density at radius 2 is 2.00 bits per heavy atom. The molecule has 0 spiro atoms. The van der Waals surface area contributed by atoms with E-state index in [0.29, 0.717) is 0 Å². The standard InChI is InChI=1S/C13H13F3N4O2S/c14-13(15,16)8-18-12(22)11(21)17-7-9(10-3-1-6-23-10)20-5-2-4-19-20/h1-6,9H,7-8H2,(H,17,21)(H,18,22). The molecule has 1 atom stereocenters. The van der Waals surface area contributed by atoms with Gasteiger partial charge in [0.25, 0.3) is 0 Å². The van der Waals surface area contributed by atoms with Crippen molar-refractivity contribution in [2.24, 2.45) is 0 Å². The van der Waals surface area contributed by atoms with Gasteiger partial charge >= 0.3 is 18.0 Å². The highest BCUT2D eigenvalue weighted by Gasteiger charge is 2.29. The maximum absolute atomic E-state index is 12.0. The first kappa shape index (κ1) is 17.0. The molecular weight excluding hydrogens is 333 g/mol. The minimum atomic E-state index is -4.56. The van der Waals surface area contributed by atoms with Crippen LogP contribution in [0.4, 0.5) is 13.2 Å². The number of carbonyl (C=O) groups is 2. The van der Waals surface area contributed by atoms with Gasteiger partial charge in [-0.25, -0.2) is 0 Å². The van der Waals surface area contributed by atoms with Crippen LogP contribution >= 0.6 is 11.3 Å². The number of aromatic nitrogens is 2. The Labute approximate surface area is 133 Å². The van der Waals surface area contributed by atoms with E-state index in [4.69, 9.17) is 0 Å². The van der Waals surface area contributed by atoms with Crippen molar-refractivity contribution in [1.82, 2.24) is 20.4 Å². The van der Waals surface area contributed by atoms with Gasteiger partial charge in [-0.2, -0.15) is 18.3 Å². The van der Waals surface area contributed by atoms with Crippen LogP contribution in [0.2, 0.25) is 0 Å². The van der Waals surface area contributed by atoms with Crippen LogP contribution < -0.4 is 10.6 Å². The van der Waals surface area contributed by atoms with Gasteiger partial charge in [0.15, 0.2) is 0 Å². The van der Waals surface area contributed by atoms with E-state index in [-0.39, 0.29) is 12.6 Å². The second-order valence-corrected chi connectivity index (χ2v) is 5.50. The Balaban J connectivity index is 1.94. The molecule has 2 N–H and O–H groups in total. The fourth-order valence-electron chi connectivity index (χ4n) is 1.80. The summed E-state index contributed by atoms with van der Waals surface area (Å²) in [5.41, 5.74) is 0. The fourth-order valence-corrected chi connectivity index (χ4v) is 2.62. The van der Waals surface area contributed by atoms with E-state index in [1.165, 1.54) is 16.7 Å². The van der Waals surface area contributed by atoms with Crippen LogP contribution in [-0.2, 0) is 9.59 Å². The lowest BCUT2D eigenvalue weighted by Gasteiger charge is -2.17. The van der Waals surface area contributed by atoms with Gasteiger partial charge in [0.05, 0.1) is 0 Å².